The second kappa shape index (κ2) is 14.3. The molecule has 8 nitrogen and oxygen atoms in total. The molecular weight excluding hydrogens is 298 g/mol. The van der Waals surface area contributed by atoms with Crippen LogP contribution in [0.3, 0.4) is 0 Å². The number of alkyl halides is 1. The van der Waals surface area contributed by atoms with Crippen molar-refractivity contribution in [1.82, 2.24) is 15.8 Å². The van der Waals surface area contributed by atoms with E-state index in [1.54, 1.807) is 27.9 Å². The maximum absolute atomic E-state index is 11.0. The van der Waals surface area contributed by atoms with Crippen molar-refractivity contribution >= 4 is 29.3 Å². The van der Waals surface area contributed by atoms with Crippen molar-refractivity contribution in [2.45, 2.75) is 0 Å². The minimum atomic E-state index is -0.566. The fraction of sp³-hybridized carbons (Fsp3) is 0.250. The van der Waals surface area contributed by atoms with Crippen LogP contribution in [0.2, 0.25) is 0 Å². The topological polar surface area (TPSA) is 131 Å². The van der Waals surface area contributed by atoms with E-state index in [1.165, 1.54) is 0 Å². The number of carbonyl (C=O) groups is 3. The van der Waals surface area contributed by atoms with Gasteiger partial charge < -0.3 is 4.90 Å². The van der Waals surface area contributed by atoms with E-state index in [-0.39, 0.29) is 11.8 Å². The Bertz CT molecular complexity index is 370. The number of nitrogens with two attached hydrogens (primary N) is 2. The SMILES string of the molecule is C=CCN(CC=C)C(=O)CCl.NNC(=O)/C=C\C(=O)NN. The summed E-state index contributed by atoms with van der Waals surface area (Å²) in [6.45, 7) is 8.11. The number of nitrogens with zero attached hydrogens (tertiary/aromatic N) is 1. The molecule has 0 aliphatic carbocycles. The van der Waals surface area contributed by atoms with Crippen molar-refractivity contribution in [1.29, 1.82) is 0 Å². The predicted octanol–water partition coefficient (Wildman–Crippen LogP) is -1.05. The Labute approximate surface area is 128 Å². The first kappa shape index (κ1) is 21.1. The zero-order valence-electron chi connectivity index (χ0n) is 11.5. The van der Waals surface area contributed by atoms with Crippen LogP contribution in [0.15, 0.2) is 37.5 Å². The summed E-state index contributed by atoms with van der Waals surface area (Å²) < 4.78 is 0. The summed E-state index contributed by atoms with van der Waals surface area (Å²) in [5.74, 6) is 8.16. The van der Waals surface area contributed by atoms with E-state index in [9.17, 15) is 14.4 Å². The van der Waals surface area contributed by atoms with Gasteiger partial charge in [0, 0.05) is 25.2 Å². The Morgan fingerprint density at radius 1 is 1.00 bits per heavy atom. The summed E-state index contributed by atoms with van der Waals surface area (Å²) in [4.78, 5) is 33.1. The Balaban J connectivity index is 0. The molecule has 0 fully saturated rings. The number of hydrogen-bond donors (Lipinski definition) is 4. The lowest BCUT2D eigenvalue weighted by atomic mass is 10.4. The lowest BCUT2D eigenvalue weighted by molar-refractivity contribution is -0.127. The summed E-state index contributed by atoms with van der Waals surface area (Å²) in [7, 11) is 0. The minimum absolute atomic E-state index is 0.0156. The number of rotatable bonds is 7. The van der Waals surface area contributed by atoms with Gasteiger partial charge in [-0.05, 0) is 0 Å². The maximum atomic E-state index is 11.0. The van der Waals surface area contributed by atoms with E-state index in [1.807, 2.05) is 0 Å². The summed E-state index contributed by atoms with van der Waals surface area (Å²) in [5, 5.41) is 0. The molecule has 0 aromatic rings. The quantitative estimate of drug-likeness (QED) is 0.119. The van der Waals surface area contributed by atoms with Gasteiger partial charge in [-0.25, -0.2) is 11.7 Å². The van der Waals surface area contributed by atoms with Crippen LogP contribution in [0.25, 0.3) is 0 Å². The smallest absolute Gasteiger partial charge is 0.258 e. The molecule has 0 aliphatic rings. The summed E-state index contributed by atoms with van der Waals surface area (Å²) >= 11 is 5.36. The molecule has 0 aromatic carbocycles. The number of halogens is 1. The Hall–Kier alpha value is -2.16. The van der Waals surface area contributed by atoms with Crippen LogP contribution in [0.1, 0.15) is 0 Å². The molecule has 6 N–H and O–H groups in total. The third-order valence-electron chi connectivity index (χ3n) is 1.84. The van der Waals surface area contributed by atoms with Gasteiger partial charge in [0.2, 0.25) is 5.91 Å². The number of hydrazine groups is 2. The molecule has 0 bridgehead atoms. The lowest BCUT2D eigenvalue weighted by Gasteiger charge is -2.17. The second-order valence-electron chi connectivity index (χ2n) is 3.36. The predicted molar refractivity (Wildman–Crippen MR) is 81.5 cm³/mol. The molecule has 0 atom stereocenters. The van der Waals surface area contributed by atoms with Gasteiger partial charge in [0.1, 0.15) is 5.88 Å². The van der Waals surface area contributed by atoms with Crippen LogP contribution in [0.4, 0.5) is 0 Å². The van der Waals surface area contributed by atoms with Gasteiger partial charge in [-0.1, -0.05) is 12.2 Å². The maximum Gasteiger partial charge on any atom is 0.258 e. The Morgan fingerprint density at radius 2 is 1.38 bits per heavy atom. The molecule has 118 valence electrons. The molecular formula is C12H20ClN5O3. The molecule has 0 aromatic heterocycles. The Kier molecular flexibility index (Phi) is 14.4. The monoisotopic (exact) mass is 317 g/mol. The molecule has 3 amide bonds. The molecule has 0 rings (SSSR count). The molecule has 0 saturated carbocycles. The highest BCUT2D eigenvalue weighted by molar-refractivity contribution is 6.27. The standard InChI is InChI=1S/C8H12ClNO.C4H8N4O2/c1-3-5-10(6-4-2)8(11)7-9;5-7-3(9)1-2-4(10)8-6/h3-4H,1-2,5-7H2;1-2H,5-6H2,(H,7,9)(H,8,10)/b;2-1-. The normalized spacial score (nSPS) is 9.10. The van der Waals surface area contributed by atoms with Crippen molar-refractivity contribution in [3.8, 4) is 0 Å². The summed E-state index contributed by atoms with van der Waals surface area (Å²) in [6.07, 6.45) is 5.24. The van der Waals surface area contributed by atoms with Gasteiger partial charge in [-0.2, -0.15) is 0 Å². The number of amides is 3. The van der Waals surface area contributed by atoms with Gasteiger partial charge in [-0.3, -0.25) is 25.2 Å². The van der Waals surface area contributed by atoms with Gasteiger partial charge >= 0.3 is 0 Å². The molecule has 21 heavy (non-hydrogen) atoms. The first-order valence-corrected chi connectivity index (χ1v) is 6.24. The van der Waals surface area contributed by atoms with E-state index < -0.39 is 11.8 Å². The highest BCUT2D eigenvalue weighted by Crippen LogP contribution is 1.92. The van der Waals surface area contributed by atoms with Gasteiger partial charge in [0.15, 0.2) is 0 Å². The second-order valence-corrected chi connectivity index (χ2v) is 3.63. The third-order valence-corrected chi connectivity index (χ3v) is 2.07. The first-order chi connectivity index (χ1) is 9.96. The van der Waals surface area contributed by atoms with Crippen molar-refractivity contribution in [3.05, 3.63) is 37.5 Å². The molecule has 0 radical (unpaired) electrons. The number of hydrogen-bond acceptors (Lipinski definition) is 5. The summed E-state index contributed by atoms with van der Waals surface area (Å²) in [6, 6.07) is 0. The van der Waals surface area contributed by atoms with Crippen LogP contribution >= 0.6 is 11.6 Å². The number of nitrogens with one attached hydrogen (secondary N) is 2. The molecule has 0 saturated heterocycles. The van der Waals surface area contributed by atoms with Crippen LogP contribution in [0.5, 0.6) is 0 Å². The van der Waals surface area contributed by atoms with Crippen LogP contribution in [0, 0.1) is 0 Å². The van der Waals surface area contributed by atoms with Crippen LogP contribution in [-0.4, -0.2) is 41.6 Å². The van der Waals surface area contributed by atoms with Gasteiger partial charge in [-0.15, -0.1) is 24.8 Å². The van der Waals surface area contributed by atoms with Crippen molar-refractivity contribution in [2.24, 2.45) is 11.7 Å². The van der Waals surface area contributed by atoms with Gasteiger partial charge in [0.25, 0.3) is 11.8 Å². The largest absolute Gasteiger partial charge is 0.334 e. The van der Waals surface area contributed by atoms with Gasteiger partial charge in [0.05, 0.1) is 0 Å². The minimum Gasteiger partial charge on any atom is -0.334 e. The zero-order valence-corrected chi connectivity index (χ0v) is 12.3. The lowest BCUT2D eigenvalue weighted by Crippen LogP contribution is -2.32. The third kappa shape index (κ3) is 12.6. The zero-order chi connectivity index (χ0) is 16.7. The molecule has 0 heterocycles. The van der Waals surface area contributed by atoms with E-state index in [4.69, 9.17) is 11.6 Å². The van der Waals surface area contributed by atoms with Crippen LogP contribution < -0.4 is 22.5 Å². The van der Waals surface area contributed by atoms with E-state index in [0.717, 1.165) is 12.2 Å². The molecule has 0 aliphatic heterocycles. The molecule has 0 spiro atoms. The van der Waals surface area contributed by atoms with Crippen molar-refractivity contribution in [3.63, 3.8) is 0 Å². The van der Waals surface area contributed by atoms with Crippen LogP contribution in [-0.2, 0) is 14.4 Å². The summed E-state index contributed by atoms with van der Waals surface area (Å²) in [5.41, 5.74) is 3.60. The Morgan fingerprint density at radius 3 is 1.62 bits per heavy atom. The van der Waals surface area contributed by atoms with E-state index >= 15 is 0 Å². The fourth-order valence-electron chi connectivity index (χ4n) is 0.922. The average molecular weight is 318 g/mol. The van der Waals surface area contributed by atoms with E-state index in [2.05, 4.69) is 24.8 Å². The van der Waals surface area contributed by atoms with Crippen molar-refractivity contribution < 1.29 is 14.4 Å². The highest BCUT2D eigenvalue weighted by atomic mass is 35.5. The van der Waals surface area contributed by atoms with Crippen molar-refractivity contribution in [2.75, 3.05) is 19.0 Å². The molecule has 9 heteroatoms. The highest BCUT2D eigenvalue weighted by Gasteiger charge is 2.07. The average Bonchev–Trinajstić information content (AvgIpc) is 2.51. The van der Waals surface area contributed by atoms with E-state index in [0.29, 0.717) is 13.1 Å². The first-order valence-electron chi connectivity index (χ1n) is 5.71. The fourth-order valence-corrected chi connectivity index (χ4v) is 1.09. The molecule has 0 unspecified atom stereocenters. The number of carbonyl (C=O) groups excluding carboxylic acids is 3.